The fourth-order valence-corrected chi connectivity index (χ4v) is 1.73. The fraction of sp³-hybridized carbons (Fsp3) is 0.533. The summed E-state index contributed by atoms with van der Waals surface area (Å²) < 4.78 is 5.61. The Morgan fingerprint density at radius 1 is 1.22 bits per heavy atom. The number of amides is 1. The first-order valence-electron chi connectivity index (χ1n) is 6.43. The third-order valence-electron chi connectivity index (χ3n) is 3.16. The second-order valence-corrected chi connectivity index (χ2v) is 4.87. The van der Waals surface area contributed by atoms with Crippen LogP contribution in [-0.2, 0) is 4.79 Å². The highest BCUT2D eigenvalue weighted by molar-refractivity contribution is 5.80. The molecule has 18 heavy (non-hydrogen) atoms. The highest BCUT2D eigenvalue weighted by Gasteiger charge is 2.16. The molecule has 0 aliphatic rings. The smallest absolute Gasteiger partial charge is 0.262 e. The van der Waals surface area contributed by atoms with Crippen LogP contribution in [0.2, 0.25) is 0 Å². The van der Waals surface area contributed by atoms with Gasteiger partial charge in [0.25, 0.3) is 5.91 Å². The lowest BCUT2D eigenvalue weighted by Gasteiger charge is -2.18. The van der Waals surface area contributed by atoms with Crippen LogP contribution < -0.4 is 4.74 Å². The molecule has 2 atom stereocenters. The van der Waals surface area contributed by atoms with Crippen molar-refractivity contribution in [2.45, 2.75) is 39.2 Å². The molecule has 1 rings (SSSR count). The molecule has 0 fully saturated rings. The fourth-order valence-electron chi connectivity index (χ4n) is 1.73. The van der Waals surface area contributed by atoms with Crippen LogP contribution in [0.1, 0.15) is 38.7 Å². The number of hydrogen-bond acceptors (Lipinski definition) is 2. The van der Waals surface area contributed by atoms with Crippen molar-refractivity contribution in [3.8, 4) is 5.75 Å². The van der Waals surface area contributed by atoms with Gasteiger partial charge in [-0.1, -0.05) is 26.0 Å². The van der Waals surface area contributed by atoms with Crippen molar-refractivity contribution in [3.63, 3.8) is 0 Å². The van der Waals surface area contributed by atoms with Gasteiger partial charge in [0.05, 0.1) is 0 Å². The van der Waals surface area contributed by atoms with Crippen LogP contribution in [0.4, 0.5) is 0 Å². The average molecular weight is 249 g/mol. The van der Waals surface area contributed by atoms with E-state index in [9.17, 15) is 4.79 Å². The molecule has 0 heterocycles. The van der Waals surface area contributed by atoms with E-state index in [1.807, 2.05) is 12.1 Å². The molecule has 0 radical (unpaired) electrons. The molecule has 0 spiro atoms. The van der Waals surface area contributed by atoms with Crippen molar-refractivity contribution in [1.82, 2.24) is 4.90 Å². The Labute approximate surface area is 110 Å². The van der Waals surface area contributed by atoms with Gasteiger partial charge in [-0.25, -0.2) is 0 Å². The molecule has 0 bridgehead atoms. The Morgan fingerprint density at radius 2 is 1.78 bits per heavy atom. The summed E-state index contributed by atoms with van der Waals surface area (Å²) in [6.45, 7) is 6.14. The van der Waals surface area contributed by atoms with Crippen molar-refractivity contribution in [2.24, 2.45) is 0 Å². The lowest BCUT2D eigenvalue weighted by Crippen LogP contribution is -2.35. The van der Waals surface area contributed by atoms with Gasteiger partial charge in [-0.15, -0.1) is 0 Å². The van der Waals surface area contributed by atoms with Gasteiger partial charge in [0, 0.05) is 14.1 Å². The monoisotopic (exact) mass is 249 g/mol. The molecule has 0 aliphatic heterocycles. The summed E-state index contributed by atoms with van der Waals surface area (Å²) in [5.74, 6) is 1.27. The van der Waals surface area contributed by atoms with Crippen LogP contribution >= 0.6 is 0 Å². The van der Waals surface area contributed by atoms with E-state index in [0.29, 0.717) is 5.92 Å². The van der Waals surface area contributed by atoms with E-state index in [1.54, 1.807) is 21.0 Å². The van der Waals surface area contributed by atoms with E-state index in [2.05, 4.69) is 26.0 Å². The van der Waals surface area contributed by atoms with Crippen molar-refractivity contribution >= 4 is 5.91 Å². The maximum atomic E-state index is 11.7. The predicted molar refractivity (Wildman–Crippen MR) is 73.9 cm³/mol. The lowest BCUT2D eigenvalue weighted by molar-refractivity contribution is -0.135. The largest absolute Gasteiger partial charge is 0.481 e. The maximum absolute atomic E-state index is 11.7. The molecule has 100 valence electrons. The summed E-state index contributed by atoms with van der Waals surface area (Å²) in [6.07, 6.45) is 0.671. The predicted octanol–water partition coefficient (Wildman–Crippen LogP) is 3.06. The molecule has 3 heteroatoms. The Balaban J connectivity index is 2.66. The standard InChI is InChI=1S/C15H23NO2/c1-6-11(2)13-7-9-14(10-8-13)18-12(3)15(17)16(4)5/h7-12H,6H2,1-5H3. The Kier molecular flexibility index (Phi) is 5.20. The number of ether oxygens (including phenoxy) is 1. The van der Waals surface area contributed by atoms with Crippen molar-refractivity contribution in [1.29, 1.82) is 0 Å². The number of likely N-dealkylation sites (N-methyl/N-ethyl adjacent to an activating group) is 1. The molecule has 1 aromatic rings. The topological polar surface area (TPSA) is 29.5 Å². The van der Waals surface area contributed by atoms with E-state index in [1.165, 1.54) is 10.5 Å². The molecule has 1 aromatic carbocycles. The van der Waals surface area contributed by atoms with Crippen LogP contribution in [0.25, 0.3) is 0 Å². The maximum Gasteiger partial charge on any atom is 0.262 e. The minimum Gasteiger partial charge on any atom is -0.481 e. The highest BCUT2D eigenvalue weighted by Crippen LogP contribution is 2.22. The van der Waals surface area contributed by atoms with Crippen molar-refractivity contribution < 1.29 is 9.53 Å². The van der Waals surface area contributed by atoms with Crippen LogP contribution in [0.3, 0.4) is 0 Å². The summed E-state index contributed by atoms with van der Waals surface area (Å²) in [6, 6.07) is 7.99. The average Bonchev–Trinajstić information content (AvgIpc) is 2.37. The lowest BCUT2D eigenvalue weighted by atomic mass is 9.99. The van der Waals surface area contributed by atoms with Gasteiger partial charge in [0.2, 0.25) is 0 Å². The first kappa shape index (κ1) is 14.6. The summed E-state index contributed by atoms with van der Waals surface area (Å²) in [7, 11) is 3.46. The summed E-state index contributed by atoms with van der Waals surface area (Å²) >= 11 is 0. The molecule has 0 N–H and O–H groups in total. The zero-order valence-corrected chi connectivity index (χ0v) is 11.9. The number of hydrogen-bond donors (Lipinski definition) is 0. The van der Waals surface area contributed by atoms with Gasteiger partial charge in [-0.3, -0.25) is 4.79 Å². The van der Waals surface area contributed by atoms with Gasteiger partial charge < -0.3 is 9.64 Å². The molecule has 0 saturated heterocycles. The van der Waals surface area contributed by atoms with Gasteiger partial charge in [-0.2, -0.15) is 0 Å². The number of benzene rings is 1. The summed E-state index contributed by atoms with van der Waals surface area (Å²) in [5.41, 5.74) is 1.30. The van der Waals surface area contributed by atoms with E-state index < -0.39 is 6.10 Å². The Hall–Kier alpha value is -1.51. The minimum atomic E-state index is -0.450. The zero-order chi connectivity index (χ0) is 13.7. The quantitative estimate of drug-likeness (QED) is 0.802. The van der Waals surface area contributed by atoms with Crippen LogP contribution in [0.5, 0.6) is 5.75 Å². The van der Waals surface area contributed by atoms with Crippen molar-refractivity contribution in [2.75, 3.05) is 14.1 Å². The van der Waals surface area contributed by atoms with Gasteiger partial charge in [0.15, 0.2) is 6.10 Å². The van der Waals surface area contributed by atoms with Gasteiger partial charge in [0.1, 0.15) is 5.75 Å². The highest BCUT2D eigenvalue weighted by atomic mass is 16.5. The summed E-state index contributed by atoms with van der Waals surface area (Å²) in [5, 5.41) is 0. The first-order valence-corrected chi connectivity index (χ1v) is 6.43. The van der Waals surface area contributed by atoms with Crippen LogP contribution in [-0.4, -0.2) is 31.0 Å². The minimum absolute atomic E-state index is 0.0268. The van der Waals surface area contributed by atoms with E-state index in [4.69, 9.17) is 4.74 Å². The van der Waals surface area contributed by atoms with E-state index in [-0.39, 0.29) is 5.91 Å². The molecule has 0 saturated carbocycles. The Morgan fingerprint density at radius 3 is 2.22 bits per heavy atom. The van der Waals surface area contributed by atoms with Crippen molar-refractivity contribution in [3.05, 3.63) is 29.8 Å². The SMILES string of the molecule is CCC(C)c1ccc(OC(C)C(=O)N(C)C)cc1. The number of carbonyl (C=O) groups excluding carboxylic acids is 1. The third-order valence-corrected chi connectivity index (χ3v) is 3.16. The second-order valence-electron chi connectivity index (χ2n) is 4.87. The van der Waals surface area contributed by atoms with Crippen LogP contribution in [0, 0.1) is 0 Å². The molecule has 0 aromatic heterocycles. The molecular formula is C15H23NO2. The summed E-state index contributed by atoms with van der Waals surface area (Å²) in [4.78, 5) is 13.2. The van der Waals surface area contributed by atoms with E-state index >= 15 is 0 Å². The molecular weight excluding hydrogens is 226 g/mol. The van der Waals surface area contributed by atoms with Gasteiger partial charge >= 0.3 is 0 Å². The van der Waals surface area contributed by atoms with Gasteiger partial charge in [-0.05, 0) is 37.0 Å². The number of nitrogens with zero attached hydrogens (tertiary/aromatic N) is 1. The van der Waals surface area contributed by atoms with Crippen LogP contribution in [0.15, 0.2) is 24.3 Å². The zero-order valence-electron chi connectivity index (χ0n) is 11.9. The van der Waals surface area contributed by atoms with E-state index in [0.717, 1.165) is 12.2 Å². The number of rotatable bonds is 5. The molecule has 1 amide bonds. The molecule has 2 unspecified atom stereocenters. The molecule has 0 aliphatic carbocycles. The third kappa shape index (κ3) is 3.76. The molecule has 3 nitrogen and oxygen atoms in total. The second kappa shape index (κ2) is 6.43. The first-order chi connectivity index (χ1) is 8.45. The normalized spacial score (nSPS) is 13.8. The Bertz CT molecular complexity index is 384. The number of carbonyl (C=O) groups is 1.